The average molecular weight is 437 g/mol. The molecule has 3 rings (SSSR count). The van der Waals surface area contributed by atoms with Gasteiger partial charge in [-0.1, -0.05) is 47.0 Å². The van der Waals surface area contributed by atoms with Crippen LogP contribution < -0.4 is 11.1 Å². The third-order valence-electron chi connectivity index (χ3n) is 6.38. The smallest absolute Gasteiger partial charge is 0.267 e. The first-order chi connectivity index (χ1) is 13.5. The van der Waals surface area contributed by atoms with Crippen LogP contribution in [0.5, 0.6) is 0 Å². The SMILES string of the molecule is CSC(C)(C)Cc1c(C)c(=O)n2c(=O)c(C)c(CC(C)(C)SC3CCCCC3)n12. The number of fused-ring (bicyclic) bond motifs is 1. The molecule has 0 amide bonds. The van der Waals surface area contributed by atoms with Crippen LogP contribution in [0, 0.1) is 13.8 Å². The molecule has 0 radical (unpaired) electrons. The van der Waals surface area contributed by atoms with Crippen molar-refractivity contribution in [2.75, 3.05) is 6.26 Å². The Bertz CT molecular complexity index is 981. The zero-order valence-corrected chi connectivity index (χ0v) is 20.7. The van der Waals surface area contributed by atoms with E-state index in [2.05, 4.69) is 45.7 Å². The van der Waals surface area contributed by atoms with Crippen LogP contribution in [0.2, 0.25) is 0 Å². The molecule has 0 atom stereocenters. The lowest BCUT2D eigenvalue weighted by Gasteiger charge is -2.32. The molecule has 0 unspecified atom stereocenters. The Hall–Kier alpha value is -0.880. The summed E-state index contributed by atoms with van der Waals surface area (Å²) in [6, 6.07) is 0. The van der Waals surface area contributed by atoms with Gasteiger partial charge in [0.15, 0.2) is 0 Å². The molecule has 0 aliphatic heterocycles. The second kappa shape index (κ2) is 8.33. The fourth-order valence-corrected chi connectivity index (χ4v) is 6.50. The lowest BCUT2D eigenvalue weighted by atomic mass is 10.0. The summed E-state index contributed by atoms with van der Waals surface area (Å²) in [5.41, 5.74) is 3.13. The Kier molecular flexibility index (Phi) is 6.55. The molecule has 0 spiro atoms. The van der Waals surface area contributed by atoms with Gasteiger partial charge in [0.1, 0.15) is 0 Å². The van der Waals surface area contributed by atoms with Crippen LogP contribution in [-0.4, -0.2) is 30.0 Å². The largest absolute Gasteiger partial charge is 0.277 e. The van der Waals surface area contributed by atoms with Crippen molar-refractivity contribution in [2.45, 2.75) is 101 Å². The number of nitrogens with zero attached hydrogens (tertiary/aromatic N) is 2. The zero-order valence-electron chi connectivity index (χ0n) is 19.1. The van der Waals surface area contributed by atoms with E-state index in [0.717, 1.165) is 29.8 Å². The summed E-state index contributed by atoms with van der Waals surface area (Å²) in [5.74, 6) is 0. The van der Waals surface area contributed by atoms with E-state index in [1.807, 2.05) is 18.4 Å². The number of hydrogen-bond donors (Lipinski definition) is 0. The van der Waals surface area contributed by atoms with E-state index < -0.39 is 0 Å². The van der Waals surface area contributed by atoms with Crippen LogP contribution in [0.3, 0.4) is 0 Å². The lowest BCUT2D eigenvalue weighted by molar-refractivity contribution is 0.510. The van der Waals surface area contributed by atoms with Crippen molar-refractivity contribution in [3.8, 4) is 0 Å². The minimum Gasteiger partial charge on any atom is -0.267 e. The van der Waals surface area contributed by atoms with E-state index in [-0.39, 0.29) is 20.6 Å². The topological polar surface area (TPSA) is 43.0 Å². The molecule has 0 aromatic carbocycles. The van der Waals surface area contributed by atoms with Gasteiger partial charge in [0.25, 0.3) is 11.1 Å². The van der Waals surface area contributed by atoms with Crippen LogP contribution in [0.15, 0.2) is 9.59 Å². The Labute approximate surface area is 183 Å². The minimum absolute atomic E-state index is 0.00387. The molecule has 0 saturated heterocycles. The average Bonchev–Trinajstić information content (AvgIpc) is 3.03. The molecule has 4 nitrogen and oxygen atoms in total. The minimum atomic E-state index is -0.158. The number of aromatic nitrogens is 2. The van der Waals surface area contributed by atoms with Crippen LogP contribution in [-0.2, 0) is 12.8 Å². The van der Waals surface area contributed by atoms with Gasteiger partial charge in [0.2, 0.25) is 0 Å². The Morgan fingerprint density at radius 2 is 1.31 bits per heavy atom. The van der Waals surface area contributed by atoms with Gasteiger partial charge in [-0.05, 0) is 32.9 Å². The van der Waals surface area contributed by atoms with Crippen LogP contribution in [0.1, 0.15) is 82.3 Å². The molecule has 1 aliphatic carbocycles. The molecule has 2 aromatic rings. The van der Waals surface area contributed by atoms with Crippen molar-refractivity contribution in [1.29, 1.82) is 0 Å². The third-order valence-corrected chi connectivity index (χ3v) is 9.22. The molecule has 0 bridgehead atoms. The van der Waals surface area contributed by atoms with Gasteiger partial charge in [0, 0.05) is 38.7 Å². The van der Waals surface area contributed by atoms with Crippen molar-refractivity contribution in [3.05, 3.63) is 43.2 Å². The van der Waals surface area contributed by atoms with E-state index >= 15 is 0 Å². The van der Waals surface area contributed by atoms with E-state index in [1.54, 1.807) is 11.8 Å². The summed E-state index contributed by atoms with van der Waals surface area (Å²) in [5, 5.41) is 0.709. The first-order valence-corrected chi connectivity index (χ1v) is 12.9. The van der Waals surface area contributed by atoms with Crippen molar-refractivity contribution in [1.82, 2.24) is 9.03 Å². The molecule has 1 fully saturated rings. The van der Waals surface area contributed by atoms with Crippen molar-refractivity contribution < 1.29 is 0 Å². The van der Waals surface area contributed by atoms with E-state index in [1.165, 1.54) is 36.6 Å². The monoisotopic (exact) mass is 436 g/mol. The molecule has 162 valence electrons. The molecule has 29 heavy (non-hydrogen) atoms. The molecule has 1 aliphatic rings. The summed E-state index contributed by atoms with van der Waals surface area (Å²) < 4.78 is 3.38. The van der Waals surface area contributed by atoms with Gasteiger partial charge in [0.05, 0.1) is 11.4 Å². The number of hydrogen-bond acceptors (Lipinski definition) is 4. The summed E-state index contributed by atoms with van der Waals surface area (Å²) >= 11 is 3.87. The number of thioether (sulfide) groups is 2. The maximum atomic E-state index is 13.0. The predicted octanol–water partition coefficient (Wildman–Crippen LogP) is 4.88. The van der Waals surface area contributed by atoms with Gasteiger partial charge in [-0.2, -0.15) is 28.0 Å². The van der Waals surface area contributed by atoms with E-state index in [9.17, 15) is 9.59 Å². The molecular formula is C23H36N2O2S2. The molecule has 1 saturated carbocycles. The first-order valence-electron chi connectivity index (χ1n) is 10.8. The first kappa shape index (κ1) is 22.8. The fraction of sp³-hybridized carbons (Fsp3) is 0.739. The highest BCUT2D eigenvalue weighted by molar-refractivity contribution is 8.01. The van der Waals surface area contributed by atoms with Crippen molar-refractivity contribution >= 4 is 23.5 Å². The van der Waals surface area contributed by atoms with E-state index in [0.29, 0.717) is 10.8 Å². The standard InChI is InChI=1S/C23H36N2O2S2/c1-15-18(13-22(3,4)28-7)24-19(16(2)21(27)25(24)20(15)26)14-23(5,6)29-17-11-9-8-10-12-17/h17H,8-14H2,1-7H3. The van der Waals surface area contributed by atoms with Crippen molar-refractivity contribution in [2.24, 2.45) is 0 Å². The summed E-state index contributed by atoms with van der Waals surface area (Å²) in [7, 11) is 0. The molecule has 6 heteroatoms. The summed E-state index contributed by atoms with van der Waals surface area (Å²) in [6.07, 6.45) is 10.3. The molecule has 2 heterocycles. The van der Waals surface area contributed by atoms with Crippen molar-refractivity contribution in [3.63, 3.8) is 0 Å². The number of rotatable bonds is 7. The Balaban J connectivity index is 2.05. The van der Waals surface area contributed by atoms with Gasteiger partial charge in [-0.25, -0.2) is 0 Å². The maximum Gasteiger partial charge on any atom is 0.277 e. The molecular weight excluding hydrogens is 400 g/mol. The Morgan fingerprint density at radius 1 is 0.828 bits per heavy atom. The summed E-state index contributed by atoms with van der Waals surface area (Å²) in [6.45, 7) is 12.7. The quantitative estimate of drug-likeness (QED) is 0.620. The van der Waals surface area contributed by atoms with Gasteiger partial charge >= 0.3 is 0 Å². The normalized spacial score (nSPS) is 16.8. The van der Waals surface area contributed by atoms with Gasteiger partial charge < -0.3 is 0 Å². The zero-order chi connectivity index (χ0) is 21.6. The van der Waals surface area contributed by atoms with Gasteiger partial charge in [-0.3, -0.25) is 14.1 Å². The van der Waals surface area contributed by atoms with Gasteiger partial charge in [-0.15, -0.1) is 0 Å². The van der Waals surface area contributed by atoms with E-state index in [4.69, 9.17) is 0 Å². The lowest BCUT2D eigenvalue weighted by Crippen LogP contribution is -2.26. The highest BCUT2D eigenvalue weighted by Crippen LogP contribution is 2.39. The second-order valence-electron chi connectivity index (χ2n) is 9.83. The second-order valence-corrected chi connectivity index (χ2v) is 13.4. The third kappa shape index (κ3) is 4.58. The van der Waals surface area contributed by atoms with Crippen LogP contribution in [0.4, 0.5) is 0 Å². The van der Waals surface area contributed by atoms with Crippen LogP contribution in [0.25, 0.3) is 0 Å². The predicted molar refractivity (Wildman–Crippen MR) is 128 cm³/mol. The summed E-state index contributed by atoms with van der Waals surface area (Å²) in [4.78, 5) is 25.9. The fourth-order valence-electron chi connectivity index (χ4n) is 4.53. The highest BCUT2D eigenvalue weighted by atomic mass is 32.2. The molecule has 0 N–H and O–H groups in total. The Morgan fingerprint density at radius 3 is 1.79 bits per heavy atom. The highest BCUT2D eigenvalue weighted by Gasteiger charge is 2.31. The van der Waals surface area contributed by atoms with Crippen LogP contribution >= 0.6 is 23.5 Å². The maximum absolute atomic E-state index is 13.0. The molecule has 2 aromatic heterocycles.